The van der Waals surface area contributed by atoms with Crippen LogP contribution in [0.2, 0.25) is 0 Å². The molecule has 1 aromatic carbocycles. The molecule has 1 nitrogen and oxygen atoms in total. The summed E-state index contributed by atoms with van der Waals surface area (Å²) in [5, 5.41) is 0. The Morgan fingerprint density at radius 3 is 2.80 bits per heavy atom. The normalized spacial score (nSPS) is 26.1. The van der Waals surface area contributed by atoms with Gasteiger partial charge in [0.25, 0.3) is 0 Å². The zero-order valence-electron chi connectivity index (χ0n) is 9.06. The van der Waals surface area contributed by atoms with Crippen LogP contribution in [0.3, 0.4) is 0 Å². The van der Waals surface area contributed by atoms with Crippen LogP contribution in [-0.4, -0.2) is 6.10 Å². The van der Waals surface area contributed by atoms with Crippen molar-refractivity contribution in [2.75, 3.05) is 0 Å². The van der Waals surface area contributed by atoms with Crippen LogP contribution in [0.15, 0.2) is 43.0 Å². The molecule has 0 N–H and O–H groups in total. The van der Waals surface area contributed by atoms with Crippen molar-refractivity contribution >= 4 is 0 Å². The number of benzene rings is 1. The van der Waals surface area contributed by atoms with Gasteiger partial charge in [0, 0.05) is 0 Å². The van der Waals surface area contributed by atoms with Gasteiger partial charge >= 0.3 is 0 Å². The molecule has 0 radical (unpaired) electrons. The zero-order chi connectivity index (χ0) is 10.5. The highest BCUT2D eigenvalue weighted by molar-refractivity contribution is 5.17. The molecule has 0 amide bonds. The monoisotopic (exact) mass is 202 g/mol. The Morgan fingerprint density at radius 1 is 1.27 bits per heavy atom. The molecular formula is C14H18O. The van der Waals surface area contributed by atoms with Gasteiger partial charge in [-0.05, 0) is 31.2 Å². The molecule has 0 aliphatic carbocycles. The summed E-state index contributed by atoms with van der Waals surface area (Å²) >= 11 is 0. The molecule has 2 atom stereocenters. The van der Waals surface area contributed by atoms with E-state index in [4.69, 9.17) is 4.74 Å². The molecule has 0 saturated carbocycles. The molecule has 80 valence electrons. The van der Waals surface area contributed by atoms with Gasteiger partial charge in [-0.1, -0.05) is 36.4 Å². The van der Waals surface area contributed by atoms with Gasteiger partial charge in [0.05, 0.1) is 12.2 Å². The fourth-order valence-electron chi connectivity index (χ4n) is 2.17. The minimum atomic E-state index is 0.296. The van der Waals surface area contributed by atoms with E-state index in [0.29, 0.717) is 12.2 Å². The Labute approximate surface area is 91.8 Å². The van der Waals surface area contributed by atoms with Crippen molar-refractivity contribution in [3.8, 4) is 0 Å². The quantitative estimate of drug-likeness (QED) is 0.676. The summed E-state index contributed by atoms with van der Waals surface area (Å²) < 4.78 is 6.04. The smallest absolute Gasteiger partial charge is 0.0828 e. The fraction of sp³-hybridized carbons (Fsp3) is 0.429. The van der Waals surface area contributed by atoms with Gasteiger partial charge in [0.2, 0.25) is 0 Å². The lowest BCUT2D eigenvalue weighted by Crippen LogP contribution is -2.21. The van der Waals surface area contributed by atoms with E-state index in [0.717, 1.165) is 12.8 Å². The molecular weight excluding hydrogens is 184 g/mol. The molecule has 1 aliphatic rings. The fourth-order valence-corrected chi connectivity index (χ4v) is 2.17. The van der Waals surface area contributed by atoms with Crippen molar-refractivity contribution in [3.05, 3.63) is 48.6 Å². The lowest BCUT2D eigenvalue weighted by molar-refractivity contribution is -0.0493. The van der Waals surface area contributed by atoms with E-state index in [9.17, 15) is 0 Å². The highest BCUT2D eigenvalue weighted by Crippen LogP contribution is 2.32. The summed E-state index contributed by atoms with van der Waals surface area (Å²) in [6.07, 6.45) is 7.19. The van der Waals surface area contributed by atoms with Crippen LogP contribution >= 0.6 is 0 Å². The molecule has 0 spiro atoms. The minimum Gasteiger partial charge on any atom is -0.370 e. The SMILES string of the molecule is C=CC[C@H]1CCC[C@H](c2ccccc2)O1. The summed E-state index contributed by atoms with van der Waals surface area (Å²) in [6.45, 7) is 3.77. The van der Waals surface area contributed by atoms with Gasteiger partial charge in [-0.25, -0.2) is 0 Å². The maximum absolute atomic E-state index is 6.04. The molecule has 1 fully saturated rings. The molecule has 1 aromatic rings. The molecule has 1 saturated heterocycles. The maximum atomic E-state index is 6.04. The Morgan fingerprint density at radius 2 is 2.07 bits per heavy atom. The molecule has 15 heavy (non-hydrogen) atoms. The average molecular weight is 202 g/mol. The predicted octanol–water partition coefficient (Wildman–Crippen LogP) is 3.87. The first-order valence-electron chi connectivity index (χ1n) is 5.71. The van der Waals surface area contributed by atoms with Crippen molar-refractivity contribution in [3.63, 3.8) is 0 Å². The number of hydrogen-bond acceptors (Lipinski definition) is 1. The second-order valence-corrected chi connectivity index (χ2v) is 4.11. The first-order valence-corrected chi connectivity index (χ1v) is 5.71. The van der Waals surface area contributed by atoms with Gasteiger partial charge in [-0.15, -0.1) is 6.58 Å². The first kappa shape index (κ1) is 10.4. The van der Waals surface area contributed by atoms with Crippen LogP contribution < -0.4 is 0 Å². The number of hydrogen-bond donors (Lipinski definition) is 0. The third-order valence-corrected chi connectivity index (χ3v) is 2.95. The van der Waals surface area contributed by atoms with Gasteiger partial charge in [0.1, 0.15) is 0 Å². The van der Waals surface area contributed by atoms with Gasteiger partial charge in [-0.3, -0.25) is 0 Å². The summed E-state index contributed by atoms with van der Waals surface area (Å²) in [4.78, 5) is 0. The van der Waals surface area contributed by atoms with Gasteiger partial charge in [-0.2, -0.15) is 0 Å². The topological polar surface area (TPSA) is 9.23 Å². The van der Waals surface area contributed by atoms with Crippen LogP contribution in [0.4, 0.5) is 0 Å². The highest BCUT2D eigenvalue weighted by Gasteiger charge is 2.22. The second-order valence-electron chi connectivity index (χ2n) is 4.11. The van der Waals surface area contributed by atoms with E-state index in [2.05, 4.69) is 30.8 Å². The lowest BCUT2D eigenvalue weighted by Gasteiger charge is -2.29. The Kier molecular flexibility index (Phi) is 3.57. The molecule has 0 bridgehead atoms. The van der Waals surface area contributed by atoms with E-state index in [1.54, 1.807) is 0 Å². The largest absolute Gasteiger partial charge is 0.370 e. The van der Waals surface area contributed by atoms with Crippen molar-refractivity contribution < 1.29 is 4.74 Å². The third-order valence-electron chi connectivity index (χ3n) is 2.95. The lowest BCUT2D eigenvalue weighted by atomic mass is 9.97. The maximum Gasteiger partial charge on any atom is 0.0828 e. The highest BCUT2D eigenvalue weighted by atomic mass is 16.5. The molecule has 0 aromatic heterocycles. The molecule has 0 unspecified atom stereocenters. The van der Waals surface area contributed by atoms with E-state index >= 15 is 0 Å². The van der Waals surface area contributed by atoms with Crippen molar-refractivity contribution in [1.82, 2.24) is 0 Å². The van der Waals surface area contributed by atoms with Crippen LogP contribution in [0.5, 0.6) is 0 Å². The molecule has 1 aliphatic heterocycles. The van der Waals surface area contributed by atoms with Crippen LogP contribution in [0.25, 0.3) is 0 Å². The van der Waals surface area contributed by atoms with E-state index in [1.807, 2.05) is 12.1 Å². The van der Waals surface area contributed by atoms with Crippen LogP contribution in [-0.2, 0) is 4.74 Å². The third kappa shape index (κ3) is 2.69. The first-order chi connectivity index (χ1) is 7.40. The van der Waals surface area contributed by atoms with Crippen molar-refractivity contribution in [2.45, 2.75) is 37.9 Å². The number of ether oxygens (including phenoxy) is 1. The number of rotatable bonds is 3. The van der Waals surface area contributed by atoms with Crippen LogP contribution in [0.1, 0.15) is 37.4 Å². The van der Waals surface area contributed by atoms with E-state index in [-0.39, 0.29) is 0 Å². The summed E-state index contributed by atoms with van der Waals surface area (Å²) in [7, 11) is 0. The van der Waals surface area contributed by atoms with E-state index in [1.165, 1.54) is 18.4 Å². The molecule has 1 heteroatoms. The Balaban J connectivity index is 2.01. The van der Waals surface area contributed by atoms with Crippen molar-refractivity contribution in [2.24, 2.45) is 0 Å². The summed E-state index contributed by atoms with van der Waals surface area (Å²) in [6, 6.07) is 10.5. The summed E-state index contributed by atoms with van der Waals surface area (Å²) in [5.74, 6) is 0. The van der Waals surface area contributed by atoms with Gasteiger partial charge < -0.3 is 4.74 Å². The minimum absolute atomic E-state index is 0.296. The molecule has 2 rings (SSSR count). The Hall–Kier alpha value is -1.08. The van der Waals surface area contributed by atoms with Gasteiger partial charge in [0.15, 0.2) is 0 Å². The van der Waals surface area contributed by atoms with Crippen molar-refractivity contribution in [1.29, 1.82) is 0 Å². The average Bonchev–Trinajstić information content (AvgIpc) is 2.31. The standard InChI is InChI=1S/C14H18O/c1-2-7-13-10-6-11-14(15-13)12-8-4-3-5-9-12/h2-5,8-9,13-14H,1,6-7,10-11H2/t13-,14+/m0/s1. The predicted molar refractivity (Wildman–Crippen MR) is 62.7 cm³/mol. The van der Waals surface area contributed by atoms with Crippen LogP contribution in [0, 0.1) is 0 Å². The Bertz CT molecular complexity index is 304. The zero-order valence-corrected chi connectivity index (χ0v) is 9.06. The van der Waals surface area contributed by atoms with E-state index < -0.39 is 0 Å². The second kappa shape index (κ2) is 5.13. The summed E-state index contributed by atoms with van der Waals surface area (Å²) in [5.41, 5.74) is 1.31. The molecule has 1 heterocycles.